The second kappa shape index (κ2) is 7.36. The van der Waals surface area contributed by atoms with Gasteiger partial charge in [0.1, 0.15) is 11.4 Å². The highest BCUT2D eigenvalue weighted by atomic mass is 16.3. The summed E-state index contributed by atoms with van der Waals surface area (Å²) in [5.41, 5.74) is 1.58. The van der Waals surface area contributed by atoms with E-state index < -0.39 is 0 Å². The van der Waals surface area contributed by atoms with Gasteiger partial charge in [0.15, 0.2) is 0 Å². The van der Waals surface area contributed by atoms with Gasteiger partial charge in [-0.2, -0.15) is 0 Å². The lowest BCUT2D eigenvalue weighted by molar-refractivity contribution is 0.153. The molecular weight excluding hydrogens is 252 g/mol. The molecule has 1 fully saturated rings. The third-order valence-electron chi connectivity index (χ3n) is 3.71. The van der Waals surface area contributed by atoms with Crippen LogP contribution in [-0.4, -0.2) is 72.9 Å². The number of rotatable bonds is 5. The average molecular weight is 276 g/mol. The van der Waals surface area contributed by atoms with Crippen molar-refractivity contribution in [3.05, 3.63) is 23.5 Å². The molecule has 0 bridgehead atoms. The van der Waals surface area contributed by atoms with E-state index in [9.17, 15) is 5.11 Å². The summed E-state index contributed by atoms with van der Waals surface area (Å²) < 4.78 is 0. The predicted octanol–water partition coefficient (Wildman–Crippen LogP) is 1.02. The molecule has 0 aliphatic carbocycles. The van der Waals surface area contributed by atoms with Crippen molar-refractivity contribution < 1.29 is 5.11 Å². The van der Waals surface area contributed by atoms with Gasteiger partial charge in [0.05, 0.1) is 6.21 Å². The minimum atomic E-state index is 0.193. The Morgan fingerprint density at radius 3 is 2.75 bits per heavy atom. The summed E-state index contributed by atoms with van der Waals surface area (Å²) in [6.07, 6.45) is 3.64. The van der Waals surface area contributed by atoms with E-state index in [2.05, 4.69) is 26.8 Å². The summed E-state index contributed by atoms with van der Waals surface area (Å²) in [7, 11) is 3.86. The Balaban J connectivity index is 1.80. The van der Waals surface area contributed by atoms with Gasteiger partial charge < -0.3 is 14.9 Å². The number of likely N-dealkylation sites (N-methyl/N-ethyl adjacent to an activating group) is 1. The van der Waals surface area contributed by atoms with Gasteiger partial charge in [0.25, 0.3) is 0 Å². The Morgan fingerprint density at radius 2 is 2.05 bits per heavy atom. The van der Waals surface area contributed by atoms with E-state index in [1.54, 1.807) is 19.3 Å². The van der Waals surface area contributed by atoms with Gasteiger partial charge in [-0.05, 0) is 38.6 Å². The van der Waals surface area contributed by atoms with Crippen molar-refractivity contribution in [2.45, 2.75) is 12.8 Å². The van der Waals surface area contributed by atoms with Crippen LogP contribution in [0.25, 0.3) is 0 Å². The number of nitrogens with zero attached hydrogens (tertiary/aromatic N) is 4. The van der Waals surface area contributed by atoms with Crippen LogP contribution >= 0.6 is 0 Å². The molecule has 110 valence electrons. The van der Waals surface area contributed by atoms with Gasteiger partial charge >= 0.3 is 0 Å². The third kappa shape index (κ3) is 4.28. The maximum atomic E-state index is 9.65. The molecule has 5 nitrogen and oxygen atoms in total. The van der Waals surface area contributed by atoms with Crippen LogP contribution in [0.4, 0.5) is 0 Å². The van der Waals surface area contributed by atoms with E-state index in [4.69, 9.17) is 0 Å². The van der Waals surface area contributed by atoms with Crippen LogP contribution in [0.3, 0.4) is 0 Å². The second-order valence-electron chi connectivity index (χ2n) is 5.34. The molecule has 1 aromatic heterocycles. The van der Waals surface area contributed by atoms with Crippen LogP contribution < -0.4 is 0 Å². The Bertz CT molecular complexity index is 453. The highest BCUT2D eigenvalue weighted by Gasteiger charge is 2.13. The number of hydrogen-bond donors (Lipinski definition) is 1. The molecule has 0 saturated carbocycles. The molecule has 0 unspecified atom stereocenters. The van der Waals surface area contributed by atoms with Crippen LogP contribution in [0, 0.1) is 0 Å². The molecule has 5 heteroatoms. The van der Waals surface area contributed by atoms with Crippen molar-refractivity contribution in [1.29, 1.82) is 0 Å². The minimum Gasteiger partial charge on any atom is -0.506 e. The van der Waals surface area contributed by atoms with E-state index >= 15 is 0 Å². The Labute approximate surface area is 121 Å². The zero-order valence-corrected chi connectivity index (χ0v) is 12.4. The zero-order valence-electron chi connectivity index (χ0n) is 12.4. The van der Waals surface area contributed by atoms with E-state index in [0.717, 1.165) is 51.3 Å². The van der Waals surface area contributed by atoms with E-state index in [-0.39, 0.29) is 5.75 Å². The monoisotopic (exact) mass is 276 g/mol. The highest BCUT2D eigenvalue weighted by Crippen LogP contribution is 2.14. The summed E-state index contributed by atoms with van der Waals surface area (Å²) >= 11 is 0. The lowest BCUT2D eigenvalue weighted by atomic mass is 10.2. The number of piperazine rings is 1. The van der Waals surface area contributed by atoms with Crippen LogP contribution in [0.1, 0.15) is 17.8 Å². The molecule has 1 aliphatic heterocycles. The molecule has 1 saturated heterocycles. The second-order valence-corrected chi connectivity index (χ2v) is 5.34. The fraction of sp³-hybridized carbons (Fsp3) is 0.600. The van der Waals surface area contributed by atoms with Crippen molar-refractivity contribution in [3.8, 4) is 5.75 Å². The number of aromatic nitrogens is 1. The molecule has 2 rings (SSSR count). The summed E-state index contributed by atoms with van der Waals surface area (Å²) in [6, 6.07) is 3.60. The quantitative estimate of drug-likeness (QED) is 0.816. The van der Waals surface area contributed by atoms with Gasteiger partial charge in [-0.3, -0.25) is 4.99 Å². The van der Waals surface area contributed by atoms with Crippen LogP contribution in [0.2, 0.25) is 0 Å². The van der Waals surface area contributed by atoms with Crippen molar-refractivity contribution >= 4 is 6.21 Å². The first kappa shape index (κ1) is 14.9. The number of aromatic hydroxyl groups is 1. The molecule has 1 aromatic rings. The van der Waals surface area contributed by atoms with Crippen molar-refractivity contribution in [2.75, 3.05) is 46.8 Å². The number of aryl methyl sites for hydroxylation is 1. The van der Waals surface area contributed by atoms with Crippen LogP contribution in [0.5, 0.6) is 5.75 Å². The first-order chi connectivity index (χ1) is 9.69. The topological polar surface area (TPSA) is 52.0 Å². The smallest absolute Gasteiger partial charge is 0.142 e. The average Bonchev–Trinajstić information content (AvgIpc) is 2.45. The molecule has 2 heterocycles. The molecular formula is C15H24N4O. The lowest BCUT2D eigenvalue weighted by Gasteiger charge is -2.32. The van der Waals surface area contributed by atoms with Crippen LogP contribution in [-0.2, 0) is 6.42 Å². The minimum absolute atomic E-state index is 0.193. The largest absolute Gasteiger partial charge is 0.506 e. The fourth-order valence-corrected chi connectivity index (χ4v) is 2.42. The normalized spacial score (nSPS) is 17.9. The van der Waals surface area contributed by atoms with Crippen molar-refractivity contribution in [1.82, 2.24) is 14.8 Å². The molecule has 0 atom stereocenters. The molecule has 0 spiro atoms. The maximum absolute atomic E-state index is 9.65. The first-order valence-electron chi connectivity index (χ1n) is 7.21. The molecule has 20 heavy (non-hydrogen) atoms. The highest BCUT2D eigenvalue weighted by molar-refractivity contribution is 5.80. The van der Waals surface area contributed by atoms with Gasteiger partial charge in [-0.1, -0.05) is 0 Å². The molecule has 1 aliphatic rings. The van der Waals surface area contributed by atoms with Gasteiger partial charge in [-0.25, -0.2) is 4.98 Å². The maximum Gasteiger partial charge on any atom is 0.142 e. The van der Waals surface area contributed by atoms with Crippen LogP contribution in [0.15, 0.2) is 17.1 Å². The van der Waals surface area contributed by atoms with Crippen molar-refractivity contribution in [2.24, 2.45) is 4.99 Å². The summed E-state index contributed by atoms with van der Waals surface area (Å²) in [5.74, 6) is 0.193. The zero-order chi connectivity index (χ0) is 14.4. The third-order valence-corrected chi connectivity index (χ3v) is 3.71. The van der Waals surface area contributed by atoms with Gasteiger partial charge in [0.2, 0.25) is 0 Å². The van der Waals surface area contributed by atoms with Gasteiger partial charge in [-0.15, -0.1) is 0 Å². The number of hydrogen-bond acceptors (Lipinski definition) is 5. The Morgan fingerprint density at radius 1 is 1.30 bits per heavy atom. The molecule has 1 N–H and O–H groups in total. The van der Waals surface area contributed by atoms with E-state index in [1.807, 2.05) is 6.07 Å². The summed E-state index contributed by atoms with van der Waals surface area (Å²) in [5, 5.41) is 9.65. The number of pyridine rings is 1. The summed E-state index contributed by atoms with van der Waals surface area (Å²) in [6.45, 7) is 5.76. The SMILES string of the molecule is CN=Cc1nc(CCCN2CCN(C)CC2)ccc1O. The number of aliphatic imine (C=N–C) groups is 1. The first-order valence-corrected chi connectivity index (χ1v) is 7.21. The lowest BCUT2D eigenvalue weighted by Crippen LogP contribution is -2.44. The fourth-order valence-electron chi connectivity index (χ4n) is 2.42. The van der Waals surface area contributed by atoms with E-state index in [0.29, 0.717) is 5.69 Å². The Kier molecular flexibility index (Phi) is 5.49. The molecule has 0 amide bonds. The molecule has 0 aromatic carbocycles. The molecule has 0 radical (unpaired) electrons. The Hall–Kier alpha value is -1.46. The van der Waals surface area contributed by atoms with Gasteiger partial charge in [0, 0.05) is 38.9 Å². The summed E-state index contributed by atoms with van der Waals surface area (Å²) in [4.78, 5) is 13.2. The van der Waals surface area contributed by atoms with Crippen molar-refractivity contribution in [3.63, 3.8) is 0 Å². The van der Waals surface area contributed by atoms with E-state index in [1.165, 1.54) is 0 Å². The standard InChI is InChI=1S/C15H24N4O/c1-16-12-14-15(20)6-5-13(17-14)4-3-7-19-10-8-18(2)9-11-19/h5-6,12,20H,3-4,7-11H2,1-2H3. The predicted molar refractivity (Wildman–Crippen MR) is 81.7 cm³/mol.